The molecule has 3 N–H and O–H groups in total. The van der Waals surface area contributed by atoms with E-state index >= 15 is 0 Å². The highest BCUT2D eigenvalue weighted by Crippen LogP contribution is 2.13. The van der Waals surface area contributed by atoms with Crippen LogP contribution in [0.25, 0.3) is 0 Å². The molecule has 0 heterocycles. The second kappa shape index (κ2) is 6.68. The fourth-order valence-corrected chi connectivity index (χ4v) is 1.81. The first-order valence-corrected chi connectivity index (χ1v) is 6.18. The summed E-state index contributed by atoms with van der Waals surface area (Å²) in [5, 5.41) is 14.5. The fourth-order valence-electron chi connectivity index (χ4n) is 1.81. The van der Waals surface area contributed by atoms with Crippen LogP contribution < -0.4 is 10.6 Å². The molecule has 5 heteroatoms. The highest BCUT2D eigenvalue weighted by molar-refractivity contribution is 5.89. The fraction of sp³-hybridized carbons (Fsp3) is 0.133. The molecule has 2 aromatic rings. The minimum atomic E-state index is -0.509. The van der Waals surface area contributed by atoms with Crippen LogP contribution in [-0.4, -0.2) is 17.7 Å². The molecule has 2 rings (SSSR count). The Morgan fingerprint density at radius 2 is 1.90 bits per heavy atom. The lowest BCUT2D eigenvalue weighted by molar-refractivity contribution is 0.225. The van der Waals surface area contributed by atoms with Gasteiger partial charge >= 0.3 is 6.03 Å². The zero-order valence-corrected chi connectivity index (χ0v) is 10.7. The van der Waals surface area contributed by atoms with E-state index in [0.717, 1.165) is 5.56 Å². The number of carbonyl (C=O) groups excluding carboxylic acids is 1. The van der Waals surface area contributed by atoms with Gasteiger partial charge in [-0.1, -0.05) is 36.4 Å². The Kier molecular flexibility index (Phi) is 4.68. The maximum atomic E-state index is 13.0. The topological polar surface area (TPSA) is 61.4 Å². The molecule has 0 radical (unpaired) electrons. The van der Waals surface area contributed by atoms with E-state index in [0.29, 0.717) is 5.69 Å². The van der Waals surface area contributed by atoms with E-state index in [2.05, 4.69) is 10.6 Å². The summed E-state index contributed by atoms with van der Waals surface area (Å²) >= 11 is 0. The average molecular weight is 274 g/mol. The monoisotopic (exact) mass is 274 g/mol. The maximum Gasteiger partial charge on any atom is 0.319 e. The number of nitrogens with one attached hydrogen (secondary N) is 2. The summed E-state index contributed by atoms with van der Waals surface area (Å²) in [5.41, 5.74) is 1.15. The van der Waals surface area contributed by atoms with Crippen LogP contribution in [0, 0.1) is 5.82 Å². The van der Waals surface area contributed by atoms with Gasteiger partial charge in [0.25, 0.3) is 0 Å². The Morgan fingerprint density at radius 3 is 2.55 bits per heavy atom. The summed E-state index contributed by atoms with van der Waals surface area (Å²) in [6.07, 6.45) is 0. The van der Waals surface area contributed by atoms with E-state index in [1.165, 1.54) is 18.2 Å². The maximum absolute atomic E-state index is 13.0. The number of halogens is 1. The average Bonchev–Trinajstić information content (AvgIpc) is 2.45. The summed E-state index contributed by atoms with van der Waals surface area (Å²) in [6, 6.07) is 13.7. The van der Waals surface area contributed by atoms with Crippen molar-refractivity contribution in [3.8, 4) is 0 Å². The summed E-state index contributed by atoms with van der Waals surface area (Å²) in [6.45, 7) is -0.222. The van der Waals surface area contributed by atoms with E-state index in [-0.39, 0.29) is 6.61 Å². The lowest BCUT2D eigenvalue weighted by Gasteiger charge is -2.17. The molecular formula is C15H15FN2O2. The number of hydrogen-bond donors (Lipinski definition) is 3. The number of benzene rings is 2. The number of aliphatic hydroxyl groups is 1. The largest absolute Gasteiger partial charge is 0.394 e. The number of rotatable bonds is 4. The molecule has 0 spiro atoms. The first-order valence-electron chi connectivity index (χ1n) is 6.18. The highest BCUT2D eigenvalue weighted by Gasteiger charge is 2.13. The molecule has 0 aromatic heterocycles. The molecule has 2 aromatic carbocycles. The first kappa shape index (κ1) is 14.0. The Morgan fingerprint density at radius 1 is 1.15 bits per heavy atom. The Hall–Kier alpha value is -2.40. The molecule has 0 unspecified atom stereocenters. The van der Waals surface area contributed by atoms with Gasteiger partial charge < -0.3 is 15.7 Å². The summed E-state index contributed by atoms with van der Waals surface area (Å²) in [4.78, 5) is 11.8. The van der Waals surface area contributed by atoms with Crippen LogP contribution in [0.5, 0.6) is 0 Å². The van der Waals surface area contributed by atoms with Crippen molar-refractivity contribution >= 4 is 11.7 Å². The SMILES string of the molecule is O=C(Nc1cccc(F)c1)N[C@@H](CO)c1ccccc1. The second-order valence-electron chi connectivity index (χ2n) is 4.25. The summed E-state index contributed by atoms with van der Waals surface area (Å²) in [5.74, 6) is -0.426. The van der Waals surface area contributed by atoms with Crippen molar-refractivity contribution in [1.82, 2.24) is 5.32 Å². The van der Waals surface area contributed by atoms with Crippen molar-refractivity contribution in [3.63, 3.8) is 0 Å². The number of urea groups is 1. The number of aliphatic hydroxyl groups excluding tert-OH is 1. The Labute approximate surface area is 116 Å². The molecule has 0 aliphatic rings. The van der Waals surface area contributed by atoms with Gasteiger partial charge in [-0.2, -0.15) is 0 Å². The van der Waals surface area contributed by atoms with E-state index in [4.69, 9.17) is 0 Å². The normalized spacial score (nSPS) is 11.7. The van der Waals surface area contributed by atoms with Crippen molar-refractivity contribution in [1.29, 1.82) is 0 Å². The van der Waals surface area contributed by atoms with Gasteiger partial charge in [0.05, 0.1) is 12.6 Å². The van der Waals surface area contributed by atoms with Crippen molar-refractivity contribution in [2.24, 2.45) is 0 Å². The van der Waals surface area contributed by atoms with Crippen molar-refractivity contribution in [2.45, 2.75) is 6.04 Å². The van der Waals surface area contributed by atoms with Crippen molar-refractivity contribution in [3.05, 3.63) is 66.0 Å². The van der Waals surface area contributed by atoms with Crippen LogP contribution in [0.3, 0.4) is 0 Å². The van der Waals surface area contributed by atoms with Crippen LogP contribution >= 0.6 is 0 Å². The first-order chi connectivity index (χ1) is 9.69. The third-order valence-electron chi connectivity index (χ3n) is 2.77. The van der Waals surface area contributed by atoms with Crippen LogP contribution in [0.15, 0.2) is 54.6 Å². The van der Waals surface area contributed by atoms with Gasteiger partial charge in [-0.05, 0) is 23.8 Å². The molecule has 0 fully saturated rings. The molecule has 0 saturated heterocycles. The minimum Gasteiger partial charge on any atom is -0.394 e. The van der Waals surface area contributed by atoms with Crippen LogP contribution in [-0.2, 0) is 0 Å². The van der Waals surface area contributed by atoms with Gasteiger partial charge in [0, 0.05) is 5.69 Å². The van der Waals surface area contributed by atoms with Gasteiger partial charge in [-0.15, -0.1) is 0 Å². The summed E-state index contributed by atoms with van der Waals surface area (Å²) in [7, 11) is 0. The molecular weight excluding hydrogens is 259 g/mol. The lowest BCUT2D eigenvalue weighted by atomic mass is 10.1. The molecule has 0 aliphatic carbocycles. The molecule has 104 valence electrons. The quantitative estimate of drug-likeness (QED) is 0.802. The van der Waals surface area contributed by atoms with Gasteiger partial charge in [0.2, 0.25) is 0 Å². The third kappa shape index (κ3) is 3.80. The van der Waals surface area contributed by atoms with E-state index < -0.39 is 17.9 Å². The Balaban J connectivity index is 2.00. The molecule has 0 bridgehead atoms. The molecule has 20 heavy (non-hydrogen) atoms. The second-order valence-corrected chi connectivity index (χ2v) is 4.25. The van der Waals surface area contributed by atoms with E-state index in [1.807, 2.05) is 30.3 Å². The molecule has 0 saturated carbocycles. The number of carbonyl (C=O) groups is 1. The van der Waals surface area contributed by atoms with E-state index in [1.54, 1.807) is 6.07 Å². The zero-order valence-electron chi connectivity index (χ0n) is 10.7. The van der Waals surface area contributed by atoms with Gasteiger partial charge in [0.1, 0.15) is 5.82 Å². The number of anilines is 1. The van der Waals surface area contributed by atoms with Crippen molar-refractivity contribution < 1.29 is 14.3 Å². The van der Waals surface area contributed by atoms with Crippen LogP contribution in [0.1, 0.15) is 11.6 Å². The molecule has 4 nitrogen and oxygen atoms in total. The predicted molar refractivity (Wildman–Crippen MR) is 74.8 cm³/mol. The number of amides is 2. The standard InChI is InChI=1S/C15H15FN2O2/c16-12-7-4-8-13(9-12)17-15(20)18-14(10-19)11-5-2-1-3-6-11/h1-9,14,19H,10H2,(H2,17,18,20)/t14-/m0/s1. The van der Waals surface area contributed by atoms with Crippen LogP contribution in [0.2, 0.25) is 0 Å². The Bertz CT molecular complexity index is 575. The number of hydrogen-bond acceptors (Lipinski definition) is 2. The van der Waals surface area contributed by atoms with Gasteiger partial charge in [-0.3, -0.25) is 0 Å². The van der Waals surface area contributed by atoms with Crippen LogP contribution in [0.4, 0.5) is 14.9 Å². The predicted octanol–water partition coefficient (Wildman–Crippen LogP) is 2.68. The molecule has 0 aliphatic heterocycles. The minimum absolute atomic E-state index is 0.222. The smallest absolute Gasteiger partial charge is 0.319 e. The highest BCUT2D eigenvalue weighted by atomic mass is 19.1. The van der Waals surface area contributed by atoms with E-state index in [9.17, 15) is 14.3 Å². The molecule has 1 atom stereocenters. The lowest BCUT2D eigenvalue weighted by Crippen LogP contribution is -2.34. The zero-order chi connectivity index (χ0) is 14.4. The summed E-state index contributed by atoms with van der Waals surface area (Å²) < 4.78 is 13.0. The molecule has 2 amide bonds. The third-order valence-corrected chi connectivity index (χ3v) is 2.77. The van der Waals surface area contributed by atoms with Gasteiger partial charge in [-0.25, -0.2) is 9.18 Å². The van der Waals surface area contributed by atoms with Crippen molar-refractivity contribution in [2.75, 3.05) is 11.9 Å². The van der Waals surface area contributed by atoms with Gasteiger partial charge in [0.15, 0.2) is 0 Å².